The molecule has 4 amide bonds. The van der Waals surface area contributed by atoms with E-state index in [2.05, 4.69) is 9.87 Å². The maximum absolute atomic E-state index is 15.1. The lowest BCUT2D eigenvalue weighted by Gasteiger charge is -2.25. The molecule has 0 saturated carbocycles. The van der Waals surface area contributed by atoms with E-state index in [9.17, 15) is 42.3 Å². The first-order chi connectivity index (χ1) is 20.7. The Morgan fingerprint density at radius 3 is 2.59 bits per heavy atom. The van der Waals surface area contributed by atoms with Gasteiger partial charge in [0.25, 0.3) is 5.91 Å². The summed E-state index contributed by atoms with van der Waals surface area (Å²) in [5.74, 6) is -6.96. The summed E-state index contributed by atoms with van der Waals surface area (Å²) in [5, 5.41) is 10.9. The van der Waals surface area contributed by atoms with Crippen LogP contribution in [0.5, 0.6) is 0 Å². The molecule has 4 rings (SSSR count). The van der Waals surface area contributed by atoms with Crippen LogP contribution < -0.4 is 20.9 Å². The summed E-state index contributed by atoms with van der Waals surface area (Å²) in [7, 11) is 0. The molecule has 18 heteroatoms. The molecule has 0 bridgehead atoms. The standard InChI is InChI=1S/C26H25F4N5O9/c27-18-8-14(35-11-16(43-25(35)41)9-19(36)22(38)33-24(40)26(28,29)30)4-5-17(18)13-3-6-20(32-10-13)34-7-1-2-15(34)12-42-44-23(39)21(31)37/h3-6,8,10,15-16,19,36H,1-2,7,9,11-12H2,(H2,31,37)(H,33,38,40)/t15-,16-,19-/m0/s1. The highest BCUT2D eigenvalue weighted by atomic mass is 19.4. The molecule has 44 heavy (non-hydrogen) atoms. The lowest BCUT2D eigenvalue weighted by atomic mass is 10.1. The third-order valence-electron chi connectivity index (χ3n) is 6.75. The minimum Gasteiger partial charge on any atom is -0.444 e. The molecular weight excluding hydrogens is 602 g/mol. The van der Waals surface area contributed by atoms with Crippen molar-refractivity contribution in [3.05, 3.63) is 42.3 Å². The van der Waals surface area contributed by atoms with E-state index < -0.39 is 60.4 Å². The lowest BCUT2D eigenvalue weighted by molar-refractivity contribution is -0.270. The quantitative estimate of drug-likeness (QED) is 0.156. The number of alkyl halides is 3. The van der Waals surface area contributed by atoms with Crippen molar-refractivity contribution in [2.75, 3.05) is 29.5 Å². The van der Waals surface area contributed by atoms with Crippen LogP contribution in [-0.2, 0) is 33.7 Å². The molecule has 0 aliphatic carbocycles. The number of hydrogen-bond donors (Lipinski definition) is 3. The Hall–Kier alpha value is -4.84. The number of rotatable bonds is 9. The largest absolute Gasteiger partial charge is 0.471 e. The molecule has 2 fully saturated rings. The second-order valence-electron chi connectivity index (χ2n) is 9.76. The fourth-order valence-electron chi connectivity index (χ4n) is 4.62. The SMILES string of the molecule is NC(=O)C(=O)OOC[C@@H]1CCCN1c1ccc(-c2ccc(N3C[C@H](C[C@H](O)C(=O)NC(=O)C(F)(F)F)OC3=O)cc2F)cn1. The van der Waals surface area contributed by atoms with Gasteiger partial charge in [0.05, 0.1) is 18.3 Å². The van der Waals surface area contributed by atoms with Crippen molar-refractivity contribution in [3.8, 4) is 11.1 Å². The Bertz CT molecular complexity index is 1440. The van der Waals surface area contributed by atoms with Gasteiger partial charge in [-0.3, -0.25) is 29.5 Å². The second-order valence-corrected chi connectivity index (χ2v) is 9.76. The number of nitrogens with one attached hydrogen (secondary N) is 1. The molecule has 2 aromatic rings. The first-order valence-corrected chi connectivity index (χ1v) is 13.0. The van der Waals surface area contributed by atoms with E-state index in [-0.39, 0.29) is 30.4 Å². The number of primary amides is 1. The third-order valence-corrected chi connectivity index (χ3v) is 6.75. The van der Waals surface area contributed by atoms with E-state index in [0.29, 0.717) is 24.3 Å². The number of aliphatic hydroxyl groups is 1. The highest BCUT2D eigenvalue weighted by Crippen LogP contribution is 2.31. The average Bonchev–Trinajstić information content (AvgIpc) is 3.58. The molecule has 2 saturated heterocycles. The molecule has 0 spiro atoms. The zero-order valence-electron chi connectivity index (χ0n) is 22.6. The number of nitrogens with zero attached hydrogens (tertiary/aromatic N) is 3. The van der Waals surface area contributed by atoms with E-state index >= 15 is 4.39 Å². The van der Waals surface area contributed by atoms with Gasteiger partial charge in [0.15, 0.2) is 0 Å². The van der Waals surface area contributed by atoms with Gasteiger partial charge in [0.2, 0.25) is 0 Å². The number of carbonyl (C=O) groups excluding carboxylic acids is 5. The summed E-state index contributed by atoms with van der Waals surface area (Å²) in [5.41, 5.74) is 5.43. The number of amides is 4. The van der Waals surface area contributed by atoms with Crippen molar-refractivity contribution in [2.24, 2.45) is 5.73 Å². The minimum absolute atomic E-state index is 0.0395. The predicted octanol–water partition coefficient (Wildman–Crippen LogP) is 1.10. The van der Waals surface area contributed by atoms with Crippen LogP contribution in [0.4, 0.5) is 33.9 Å². The smallest absolute Gasteiger partial charge is 0.444 e. The molecule has 1 aromatic carbocycles. The third kappa shape index (κ3) is 7.56. The number of nitrogens with two attached hydrogens (primary N) is 1. The van der Waals surface area contributed by atoms with Gasteiger partial charge in [-0.15, -0.1) is 0 Å². The Morgan fingerprint density at radius 1 is 1.20 bits per heavy atom. The van der Waals surface area contributed by atoms with Crippen LogP contribution >= 0.6 is 0 Å². The Kier molecular flexibility index (Phi) is 9.63. The second kappa shape index (κ2) is 13.2. The average molecular weight is 628 g/mol. The molecular formula is C26H25F4N5O9. The zero-order chi connectivity index (χ0) is 32.2. The van der Waals surface area contributed by atoms with Crippen molar-refractivity contribution in [3.63, 3.8) is 0 Å². The van der Waals surface area contributed by atoms with Gasteiger partial charge in [-0.25, -0.2) is 19.0 Å². The van der Waals surface area contributed by atoms with Crippen LogP contribution in [0.3, 0.4) is 0 Å². The van der Waals surface area contributed by atoms with Crippen LogP contribution in [0.25, 0.3) is 11.1 Å². The minimum atomic E-state index is -5.33. The fourth-order valence-corrected chi connectivity index (χ4v) is 4.62. The molecule has 3 heterocycles. The number of ether oxygens (including phenoxy) is 1. The van der Waals surface area contributed by atoms with Gasteiger partial charge < -0.3 is 20.5 Å². The molecule has 1 aromatic heterocycles. The van der Waals surface area contributed by atoms with Crippen molar-refractivity contribution in [2.45, 2.75) is 43.7 Å². The van der Waals surface area contributed by atoms with E-state index in [1.165, 1.54) is 18.3 Å². The first-order valence-electron chi connectivity index (χ1n) is 13.0. The number of halogens is 4. The summed E-state index contributed by atoms with van der Waals surface area (Å²) < 4.78 is 57.2. The number of imide groups is 1. The van der Waals surface area contributed by atoms with Crippen LogP contribution in [-0.4, -0.2) is 84.0 Å². The summed E-state index contributed by atoms with van der Waals surface area (Å²) in [6.07, 6.45) is -7.19. The summed E-state index contributed by atoms with van der Waals surface area (Å²) >= 11 is 0. The van der Waals surface area contributed by atoms with Crippen LogP contribution in [0.15, 0.2) is 36.5 Å². The van der Waals surface area contributed by atoms with Crippen LogP contribution in [0, 0.1) is 5.82 Å². The highest BCUT2D eigenvalue weighted by molar-refractivity contribution is 6.31. The van der Waals surface area contributed by atoms with E-state index in [1.54, 1.807) is 12.1 Å². The Morgan fingerprint density at radius 2 is 1.95 bits per heavy atom. The Labute approximate surface area is 245 Å². The topological polar surface area (TPSA) is 191 Å². The van der Waals surface area contributed by atoms with Crippen molar-refractivity contribution >= 4 is 41.3 Å². The lowest BCUT2D eigenvalue weighted by Crippen LogP contribution is -2.46. The molecule has 0 unspecified atom stereocenters. The molecule has 2 aliphatic heterocycles. The number of benzene rings is 1. The molecule has 2 aliphatic rings. The van der Waals surface area contributed by atoms with Crippen molar-refractivity contribution in [1.29, 1.82) is 0 Å². The maximum Gasteiger partial charge on any atom is 0.471 e. The number of pyridine rings is 1. The number of anilines is 2. The van der Waals surface area contributed by atoms with Crippen molar-refractivity contribution in [1.82, 2.24) is 10.3 Å². The van der Waals surface area contributed by atoms with Gasteiger partial charge in [0.1, 0.15) is 30.4 Å². The normalized spacial score (nSPS) is 19.0. The van der Waals surface area contributed by atoms with Gasteiger partial charge in [-0.2, -0.15) is 18.1 Å². The van der Waals surface area contributed by atoms with Gasteiger partial charge >= 0.3 is 30.1 Å². The number of carbonyl (C=O) groups is 5. The number of aliphatic hydroxyl groups excluding tert-OH is 1. The zero-order valence-corrected chi connectivity index (χ0v) is 22.6. The number of hydrogen-bond acceptors (Lipinski definition) is 11. The number of cyclic esters (lactones) is 1. The molecule has 3 atom stereocenters. The maximum atomic E-state index is 15.1. The molecule has 4 N–H and O–H groups in total. The van der Waals surface area contributed by atoms with Gasteiger partial charge in [-0.1, -0.05) is 0 Å². The van der Waals surface area contributed by atoms with Gasteiger partial charge in [0, 0.05) is 30.3 Å². The summed E-state index contributed by atoms with van der Waals surface area (Å²) in [6.45, 7) is 0.323. The number of aromatic nitrogens is 1. The van der Waals surface area contributed by atoms with Gasteiger partial charge in [-0.05, 0) is 43.2 Å². The molecule has 14 nitrogen and oxygen atoms in total. The van der Waals surface area contributed by atoms with E-state index in [4.69, 9.17) is 15.4 Å². The highest BCUT2D eigenvalue weighted by Gasteiger charge is 2.41. The van der Waals surface area contributed by atoms with E-state index in [0.717, 1.165) is 22.7 Å². The first kappa shape index (κ1) is 32.1. The van der Waals surface area contributed by atoms with Crippen LogP contribution in [0.2, 0.25) is 0 Å². The predicted molar refractivity (Wildman–Crippen MR) is 139 cm³/mol. The molecule has 0 radical (unpaired) electrons. The fraction of sp³-hybridized carbons (Fsp3) is 0.385. The van der Waals surface area contributed by atoms with Crippen LogP contribution in [0.1, 0.15) is 19.3 Å². The summed E-state index contributed by atoms with van der Waals surface area (Å²) in [4.78, 5) is 73.3. The Balaban J connectivity index is 1.36. The van der Waals surface area contributed by atoms with E-state index in [1.807, 2.05) is 4.90 Å². The monoisotopic (exact) mass is 627 g/mol. The molecule has 236 valence electrons. The van der Waals surface area contributed by atoms with Crippen molar-refractivity contribution < 1.29 is 61.2 Å². The summed E-state index contributed by atoms with van der Waals surface area (Å²) in [6, 6.07) is 6.93.